The summed E-state index contributed by atoms with van der Waals surface area (Å²) in [4.78, 5) is 41.4. The van der Waals surface area contributed by atoms with Gasteiger partial charge in [0.15, 0.2) is 5.13 Å². The van der Waals surface area contributed by atoms with Gasteiger partial charge in [0.1, 0.15) is 11.9 Å². The summed E-state index contributed by atoms with van der Waals surface area (Å²) >= 11 is 1.21. The molecule has 1 aliphatic heterocycles. The Hall–Kier alpha value is -3.59. The summed E-state index contributed by atoms with van der Waals surface area (Å²) in [5.41, 5.74) is 2.06. The molecule has 29 heavy (non-hydrogen) atoms. The number of rotatable bonds is 4. The zero-order chi connectivity index (χ0) is 20.4. The number of benzene rings is 2. The van der Waals surface area contributed by atoms with Gasteiger partial charge in [-0.15, -0.1) is 11.3 Å². The van der Waals surface area contributed by atoms with Gasteiger partial charge in [-0.05, 0) is 36.4 Å². The topological polar surface area (TPSA) is 100 Å². The van der Waals surface area contributed by atoms with E-state index in [2.05, 4.69) is 20.9 Å². The maximum absolute atomic E-state index is 13.0. The van der Waals surface area contributed by atoms with Crippen LogP contribution in [0.3, 0.4) is 0 Å². The molecule has 1 aliphatic rings. The average Bonchev–Trinajstić information content (AvgIpc) is 3.12. The van der Waals surface area contributed by atoms with Crippen molar-refractivity contribution in [2.24, 2.45) is 0 Å². The summed E-state index contributed by atoms with van der Waals surface area (Å²) in [5, 5.41) is 9.94. The van der Waals surface area contributed by atoms with E-state index in [0.29, 0.717) is 22.1 Å². The monoisotopic (exact) mass is 410 g/mol. The fourth-order valence-corrected chi connectivity index (χ4v) is 3.63. The highest BCUT2D eigenvalue weighted by Gasteiger charge is 2.29. The highest BCUT2D eigenvalue weighted by atomic mass is 32.1. The Balaban J connectivity index is 1.42. The van der Waals surface area contributed by atoms with Crippen molar-refractivity contribution in [3.05, 3.63) is 65.3 Å². The molecule has 2 aromatic carbocycles. The molecule has 3 amide bonds. The number of anilines is 2. The fraction of sp³-hybridized carbons (Fsp3) is 0.100. The third kappa shape index (κ3) is 4.14. The predicted molar refractivity (Wildman–Crippen MR) is 107 cm³/mol. The van der Waals surface area contributed by atoms with Crippen molar-refractivity contribution in [3.8, 4) is 11.3 Å². The predicted octanol–water partition coefficient (Wildman–Crippen LogP) is 3.03. The number of halogens is 1. The van der Waals surface area contributed by atoms with Gasteiger partial charge >= 0.3 is 0 Å². The van der Waals surface area contributed by atoms with Gasteiger partial charge in [-0.3, -0.25) is 14.4 Å². The zero-order valence-electron chi connectivity index (χ0n) is 14.9. The largest absolute Gasteiger partial charge is 0.340 e. The van der Waals surface area contributed by atoms with Gasteiger partial charge in [0.05, 0.1) is 23.4 Å². The molecule has 3 aromatic rings. The average molecular weight is 410 g/mol. The standard InChI is InChI=1S/C20H15FN4O3S/c21-12-7-5-11(6-8-12)16-10-29-20(24-16)25-17(26)9-15-19(28)22-14-4-2-1-3-13(14)18(27)23-15/h1-8,10,15H,9H2,(H,22,28)(H,23,27)(H,24,25,26). The number of aromatic nitrogens is 1. The maximum Gasteiger partial charge on any atom is 0.254 e. The molecule has 1 atom stereocenters. The number of hydrogen-bond donors (Lipinski definition) is 3. The van der Waals surface area contributed by atoms with Crippen molar-refractivity contribution in [2.45, 2.75) is 12.5 Å². The summed E-state index contributed by atoms with van der Waals surface area (Å²) < 4.78 is 13.0. The first-order chi connectivity index (χ1) is 14.0. The van der Waals surface area contributed by atoms with Crippen molar-refractivity contribution in [2.75, 3.05) is 10.6 Å². The molecule has 0 bridgehead atoms. The van der Waals surface area contributed by atoms with Gasteiger partial charge in [0, 0.05) is 10.9 Å². The van der Waals surface area contributed by atoms with E-state index in [-0.39, 0.29) is 12.2 Å². The van der Waals surface area contributed by atoms with Crippen LogP contribution < -0.4 is 16.0 Å². The summed E-state index contributed by atoms with van der Waals surface area (Å²) in [5.74, 6) is -1.70. The number of carbonyl (C=O) groups is 3. The first kappa shape index (κ1) is 18.8. The quantitative estimate of drug-likeness (QED) is 0.616. The van der Waals surface area contributed by atoms with Crippen LogP contribution in [0.4, 0.5) is 15.2 Å². The van der Waals surface area contributed by atoms with E-state index < -0.39 is 23.8 Å². The summed E-state index contributed by atoms with van der Waals surface area (Å²) in [6.07, 6.45) is -0.239. The van der Waals surface area contributed by atoms with Crippen LogP contribution in [0.1, 0.15) is 16.8 Å². The van der Waals surface area contributed by atoms with E-state index in [9.17, 15) is 18.8 Å². The number of amides is 3. The minimum Gasteiger partial charge on any atom is -0.340 e. The lowest BCUT2D eigenvalue weighted by Gasteiger charge is -2.13. The van der Waals surface area contributed by atoms with Crippen LogP contribution in [0.15, 0.2) is 53.9 Å². The summed E-state index contributed by atoms with van der Waals surface area (Å²) in [7, 11) is 0. The van der Waals surface area contributed by atoms with Gasteiger partial charge in [-0.2, -0.15) is 0 Å². The van der Waals surface area contributed by atoms with Crippen LogP contribution in [-0.4, -0.2) is 28.7 Å². The lowest BCUT2D eigenvalue weighted by atomic mass is 10.1. The molecule has 0 saturated carbocycles. The van der Waals surface area contributed by atoms with Gasteiger partial charge in [0.25, 0.3) is 5.91 Å². The number of fused-ring (bicyclic) bond motifs is 1. The number of carbonyl (C=O) groups excluding carboxylic acids is 3. The van der Waals surface area contributed by atoms with E-state index in [1.807, 2.05) is 0 Å². The second-order valence-corrected chi connectivity index (χ2v) is 7.22. The Morgan fingerprint density at radius 3 is 2.69 bits per heavy atom. The van der Waals surface area contributed by atoms with E-state index in [1.165, 1.54) is 23.5 Å². The highest BCUT2D eigenvalue weighted by molar-refractivity contribution is 7.14. The molecule has 1 aromatic heterocycles. The first-order valence-corrected chi connectivity index (χ1v) is 9.59. The second kappa shape index (κ2) is 7.80. The van der Waals surface area contributed by atoms with Crippen LogP contribution in [0, 0.1) is 5.82 Å². The molecule has 0 saturated heterocycles. The molecule has 1 unspecified atom stereocenters. The van der Waals surface area contributed by atoms with Crippen LogP contribution in [0.2, 0.25) is 0 Å². The van der Waals surface area contributed by atoms with E-state index >= 15 is 0 Å². The van der Waals surface area contributed by atoms with E-state index in [1.54, 1.807) is 41.8 Å². The number of hydrogen-bond acceptors (Lipinski definition) is 5. The molecular formula is C20H15FN4O3S. The van der Waals surface area contributed by atoms with Gasteiger partial charge in [-0.1, -0.05) is 12.1 Å². The van der Waals surface area contributed by atoms with Crippen LogP contribution in [-0.2, 0) is 9.59 Å². The number of para-hydroxylation sites is 1. The number of thiazole rings is 1. The Morgan fingerprint density at radius 2 is 1.90 bits per heavy atom. The van der Waals surface area contributed by atoms with Crippen molar-refractivity contribution in [1.29, 1.82) is 0 Å². The maximum atomic E-state index is 13.0. The molecule has 0 spiro atoms. The molecule has 9 heteroatoms. The van der Waals surface area contributed by atoms with E-state index in [0.717, 1.165) is 5.56 Å². The molecule has 146 valence electrons. The van der Waals surface area contributed by atoms with Crippen molar-refractivity contribution >= 4 is 39.9 Å². The Morgan fingerprint density at radius 1 is 1.14 bits per heavy atom. The molecule has 7 nitrogen and oxygen atoms in total. The van der Waals surface area contributed by atoms with Crippen molar-refractivity contribution in [3.63, 3.8) is 0 Å². The Kier molecular flexibility index (Phi) is 5.05. The molecule has 0 fully saturated rings. The molecule has 4 rings (SSSR count). The third-order valence-corrected chi connectivity index (χ3v) is 5.09. The van der Waals surface area contributed by atoms with Crippen molar-refractivity contribution in [1.82, 2.24) is 10.3 Å². The molecule has 2 heterocycles. The lowest BCUT2D eigenvalue weighted by molar-refractivity contribution is -0.122. The molecule has 0 radical (unpaired) electrons. The molecule has 0 aliphatic carbocycles. The number of nitrogens with one attached hydrogen (secondary N) is 3. The van der Waals surface area contributed by atoms with Gasteiger partial charge < -0.3 is 16.0 Å². The van der Waals surface area contributed by atoms with Crippen molar-refractivity contribution < 1.29 is 18.8 Å². The fourth-order valence-electron chi connectivity index (χ4n) is 2.90. The van der Waals surface area contributed by atoms with Crippen LogP contribution in [0.5, 0.6) is 0 Å². The van der Waals surface area contributed by atoms with Crippen LogP contribution >= 0.6 is 11.3 Å². The normalized spacial score (nSPS) is 15.7. The highest BCUT2D eigenvalue weighted by Crippen LogP contribution is 2.25. The summed E-state index contributed by atoms with van der Waals surface area (Å²) in [6, 6.07) is 11.5. The molecular weight excluding hydrogens is 395 g/mol. The Bertz CT molecular complexity index is 1100. The minimum atomic E-state index is -1.01. The zero-order valence-corrected chi connectivity index (χ0v) is 15.8. The van der Waals surface area contributed by atoms with Gasteiger partial charge in [0.2, 0.25) is 11.8 Å². The SMILES string of the molecule is O=C(CC1NC(=O)c2ccccc2NC1=O)Nc1nc(-c2ccc(F)cc2)cs1. The second-order valence-electron chi connectivity index (χ2n) is 6.36. The number of nitrogens with zero attached hydrogens (tertiary/aromatic N) is 1. The van der Waals surface area contributed by atoms with E-state index in [4.69, 9.17) is 0 Å². The van der Waals surface area contributed by atoms with Crippen LogP contribution in [0.25, 0.3) is 11.3 Å². The lowest BCUT2D eigenvalue weighted by Crippen LogP contribution is -2.43. The summed E-state index contributed by atoms with van der Waals surface area (Å²) in [6.45, 7) is 0. The first-order valence-electron chi connectivity index (χ1n) is 8.71. The minimum absolute atomic E-state index is 0.239. The molecule has 3 N–H and O–H groups in total. The smallest absolute Gasteiger partial charge is 0.254 e. The third-order valence-electron chi connectivity index (χ3n) is 4.33. The Labute approximate surface area is 169 Å². The van der Waals surface area contributed by atoms with Gasteiger partial charge in [-0.25, -0.2) is 9.37 Å².